The van der Waals surface area contributed by atoms with E-state index in [0.717, 1.165) is 26.7 Å². The highest BCUT2D eigenvalue weighted by Gasteiger charge is 2.36. The Bertz CT molecular complexity index is 1440. The highest BCUT2D eigenvalue weighted by molar-refractivity contribution is 9.10. The number of nitrogens with zero attached hydrogens (tertiary/aromatic N) is 2. The second kappa shape index (κ2) is 12.6. The largest absolute Gasteiger partial charge is 0.490 e. The maximum Gasteiger partial charge on any atom is 0.294 e. The van der Waals surface area contributed by atoms with Crippen LogP contribution in [0.3, 0.4) is 0 Å². The van der Waals surface area contributed by atoms with Crippen LogP contribution in [0.2, 0.25) is 0 Å². The summed E-state index contributed by atoms with van der Waals surface area (Å²) < 4.78 is 12.4. The maximum atomic E-state index is 12.9. The number of non-ortho nitro benzene ring substituents is 1. The van der Waals surface area contributed by atoms with E-state index in [1.54, 1.807) is 60.7 Å². The van der Waals surface area contributed by atoms with E-state index in [9.17, 15) is 24.5 Å². The number of imide groups is 1. The third-order valence-electron chi connectivity index (χ3n) is 5.41. The second-order valence-corrected chi connectivity index (χ2v) is 10.1. The minimum absolute atomic E-state index is 0.00672. The fourth-order valence-corrected chi connectivity index (χ4v) is 4.64. The Balaban J connectivity index is 1.43. The van der Waals surface area contributed by atoms with Gasteiger partial charge in [-0.2, -0.15) is 0 Å². The number of benzene rings is 3. The Kier molecular flexibility index (Phi) is 8.99. The summed E-state index contributed by atoms with van der Waals surface area (Å²) in [6.07, 6.45) is 1.56. The molecule has 0 saturated carbocycles. The predicted molar refractivity (Wildman–Crippen MR) is 150 cm³/mol. The lowest BCUT2D eigenvalue weighted by molar-refractivity contribution is -0.384. The van der Waals surface area contributed by atoms with E-state index < -0.39 is 28.5 Å². The number of nitro benzene ring substituents is 1. The lowest BCUT2D eigenvalue weighted by Gasteiger charge is -2.13. The smallest absolute Gasteiger partial charge is 0.294 e. The highest BCUT2D eigenvalue weighted by atomic mass is 79.9. The fraction of sp³-hybridized carbons (Fsp3) is 0.148. The number of rotatable bonds is 10. The summed E-state index contributed by atoms with van der Waals surface area (Å²) in [5, 5.41) is 13.0. The van der Waals surface area contributed by atoms with Crippen LogP contribution in [0.4, 0.5) is 16.2 Å². The molecule has 0 atom stereocenters. The molecule has 0 spiro atoms. The number of nitrogens with one attached hydrogen (secondary N) is 1. The molecule has 0 unspecified atom stereocenters. The van der Waals surface area contributed by atoms with Crippen molar-refractivity contribution >= 4 is 62.2 Å². The molecule has 10 nitrogen and oxygen atoms in total. The van der Waals surface area contributed by atoms with Gasteiger partial charge in [0.1, 0.15) is 13.2 Å². The van der Waals surface area contributed by atoms with Crippen LogP contribution in [0, 0.1) is 10.1 Å². The summed E-state index contributed by atoms with van der Waals surface area (Å²) in [7, 11) is 0. The number of thioether (sulfide) groups is 1. The molecule has 3 aromatic rings. The van der Waals surface area contributed by atoms with Crippen molar-refractivity contribution in [1.29, 1.82) is 0 Å². The summed E-state index contributed by atoms with van der Waals surface area (Å²) in [6.45, 7) is 1.94. The zero-order valence-electron chi connectivity index (χ0n) is 20.6. The molecule has 0 bridgehead atoms. The van der Waals surface area contributed by atoms with Crippen LogP contribution >= 0.6 is 27.7 Å². The van der Waals surface area contributed by atoms with Gasteiger partial charge in [-0.1, -0.05) is 22.0 Å². The zero-order chi connectivity index (χ0) is 27.9. The van der Waals surface area contributed by atoms with Crippen molar-refractivity contribution in [3.8, 4) is 11.5 Å². The molecule has 0 radical (unpaired) electrons. The summed E-state index contributed by atoms with van der Waals surface area (Å²) in [5.41, 5.74) is 1.88. The van der Waals surface area contributed by atoms with Gasteiger partial charge in [0, 0.05) is 22.3 Å². The van der Waals surface area contributed by atoms with Gasteiger partial charge in [0.05, 0.1) is 16.4 Å². The molecule has 1 aliphatic rings. The van der Waals surface area contributed by atoms with Crippen molar-refractivity contribution in [2.45, 2.75) is 13.5 Å². The number of halogens is 1. The van der Waals surface area contributed by atoms with E-state index in [1.165, 1.54) is 12.1 Å². The minimum atomic E-state index is -0.563. The van der Waals surface area contributed by atoms with Gasteiger partial charge >= 0.3 is 0 Å². The fourth-order valence-electron chi connectivity index (χ4n) is 3.54. The summed E-state index contributed by atoms with van der Waals surface area (Å²) in [6, 6.07) is 18.0. The second-order valence-electron chi connectivity index (χ2n) is 8.17. The molecule has 4 rings (SSSR count). The lowest BCUT2D eigenvalue weighted by atomic mass is 10.1. The van der Waals surface area contributed by atoms with Gasteiger partial charge in [-0.15, -0.1) is 0 Å². The van der Waals surface area contributed by atoms with Gasteiger partial charge in [0.25, 0.3) is 16.8 Å². The van der Waals surface area contributed by atoms with Crippen molar-refractivity contribution in [3.63, 3.8) is 0 Å². The number of hydrogen-bond acceptors (Lipinski definition) is 8. The Hall–Kier alpha value is -4.16. The van der Waals surface area contributed by atoms with Crippen molar-refractivity contribution < 1.29 is 28.8 Å². The topological polar surface area (TPSA) is 128 Å². The van der Waals surface area contributed by atoms with E-state index in [2.05, 4.69) is 21.2 Å². The Labute approximate surface area is 236 Å². The highest BCUT2D eigenvalue weighted by Crippen LogP contribution is 2.35. The Morgan fingerprint density at radius 2 is 1.77 bits per heavy atom. The van der Waals surface area contributed by atoms with E-state index in [4.69, 9.17) is 9.47 Å². The first-order valence-corrected chi connectivity index (χ1v) is 13.3. The van der Waals surface area contributed by atoms with Crippen LogP contribution in [-0.4, -0.2) is 40.0 Å². The van der Waals surface area contributed by atoms with Gasteiger partial charge in [-0.3, -0.25) is 29.4 Å². The number of carbonyl (C=O) groups excluding carboxylic acids is 3. The quantitative estimate of drug-likeness (QED) is 0.168. The van der Waals surface area contributed by atoms with Gasteiger partial charge in [0.15, 0.2) is 11.5 Å². The van der Waals surface area contributed by atoms with Crippen molar-refractivity contribution in [2.75, 3.05) is 18.5 Å². The predicted octanol–water partition coefficient (Wildman–Crippen LogP) is 6.01. The molecule has 0 aliphatic carbocycles. The molecular formula is C27H22BrN3O7S. The molecule has 1 N–H and O–H groups in total. The Morgan fingerprint density at radius 3 is 2.44 bits per heavy atom. The summed E-state index contributed by atoms with van der Waals surface area (Å²) in [4.78, 5) is 49.2. The third kappa shape index (κ3) is 7.24. The normalized spacial score (nSPS) is 14.0. The van der Waals surface area contributed by atoms with Crippen LogP contribution in [0.1, 0.15) is 18.1 Å². The number of hydrogen-bond donors (Lipinski definition) is 1. The summed E-state index contributed by atoms with van der Waals surface area (Å²) in [5.74, 6) is -0.173. The zero-order valence-corrected chi connectivity index (χ0v) is 23.0. The molecule has 1 heterocycles. The van der Waals surface area contributed by atoms with Gasteiger partial charge < -0.3 is 14.8 Å². The molecule has 0 aromatic heterocycles. The number of nitro groups is 1. The number of carbonyl (C=O) groups is 3. The SMILES string of the molecule is CCOc1cc(/C=C2/SC(=O)N(CC(=O)Nc3ccc(Br)cc3)C2=O)ccc1OCc1ccc([N+](=O)[O-])cc1. The first-order chi connectivity index (χ1) is 18.7. The minimum Gasteiger partial charge on any atom is -0.490 e. The van der Waals surface area contributed by atoms with Crippen LogP contribution < -0.4 is 14.8 Å². The third-order valence-corrected chi connectivity index (χ3v) is 6.85. The first-order valence-electron chi connectivity index (χ1n) is 11.7. The Morgan fingerprint density at radius 1 is 1.05 bits per heavy atom. The van der Waals surface area contributed by atoms with E-state index in [-0.39, 0.29) is 17.2 Å². The molecule has 3 amide bonds. The van der Waals surface area contributed by atoms with Crippen molar-refractivity contribution in [3.05, 3.63) is 97.3 Å². The molecule has 1 saturated heterocycles. The monoisotopic (exact) mass is 611 g/mol. The first kappa shape index (κ1) is 27.9. The maximum absolute atomic E-state index is 12.9. The average molecular weight is 612 g/mol. The average Bonchev–Trinajstić information content (AvgIpc) is 3.17. The number of ether oxygens (including phenoxy) is 2. The van der Waals surface area contributed by atoms with E-state index >= 15 is 0 Å². The molecule has 12 heteroatoms. The van der Waals surface area contributed by atoms with Crippen molar-refractivity contribution in [2.24, 2.45) is 0 Å². The lowest BCUT2D eigenvalue weighted by Crippen LogP contribution is -2.36. The van der Waals surface area contributed by atoms with E-state index in [0.29, 0.717) is 29.4 Å². The molecule has 39 heavy (non-hydrogen) atoms. The van der Waals surface area contributed by atoms with Crippen LogP contribution in [-0.2, 0) is 16.2 Å². The van der Waals surface area contributed by atoms with Crippen LogP contribution in [0.15, 0.2) is 76.1 Å². The molecular weight excluding hydrogens is 590 g/mol. The molecule has 200 valence electrons. The summed E-state index contributed by atoms with van der Waals surface area (Å²) >= 11 is 4.07. The van der Waals surface area contributed by atoms with E-state index in [1.807, 2.05) is 6.92 Å². The van der Waals surface area contributed by atoms with Gasteiger partial charge in [-0.05, 0) is 84.4 Å². The number of amides is 3. The van der Waals surface area contributed by atoms with Crippen molar-refractivity contribution in [1.82, 2.24) is 4.90 Å². The molecule has 3 aromatic carbocycles. The number of anilines is 1. The van der Waals surface area contributed by atoms with Gasteiger partial charge in [-0.25, -0.2) is 0 Å². The molecule has 1 fully saturated rings. The van der Waals surface area contributed by atoms with Crippen LogP contribution in [0.5, 0.6) is 11.5 Å². The van der Waals surface area contributed by atoms with Crippen LogP contribution in [0.25, 0.3) is 6.08 Å². The molecule has 1 aliphatic heterocycles. The van der Waals surface area contributed by atoms with Gasteiger partial charge in [0.2, 0.25) is 5.91 Å². The standard InChI is InChI=1S/C27H22BrN3O7S/c1-2-37-23-13-18(5-12-22(23)38-16-17-3-10-21(11-4-17)31(35)36)14-24-26(33)30(27(34)39-24)15-25(32)29-20-8-6-19(28)7-9-20/h3-14H,2,15-16H2,1H3,(H,29,32)/b24-14+.